The van der Waals surface area contributed by atoms with Crippen LogP contribution in [0.2, 0.25) is 0 Å². The van der Waals surface area contributed by atoms with E-state index in [4.69, 9.17) is 5.73 Å². The maximum atomic E-state index is 12.6. The molecule has 1 rings (SSSR count). The normalized spacial score (nSPS) is 13.9. The fraction of sp³-hybridized carbons (Fsp3) is 0.538. The van der Waals surface area contributed by atoms with Crippen molar-refractivity contribution in [3.63, 3.8) is 0 Å². The average molecular weight is 260 g/mol. The lowest BCUT2D eigenvalue weighted by Crippen LogP contribution is -2.40. The summed E-state index contributed by atoms with van der Waals surface area (Å²) < 4.78 is 37.7. The topological polar surface area (TPSA) is 29.3 Å². The molecule has 0 amide bonds. The molecule has 1 aromatic rings. The molecule has 0 heterocycles. The number of hydrogen-bond donors (Lipinski definition) is 1. The zero-order chi connectivity index (χ0) is 13.6. The van der Waals surface area contributed by atoms with Gasteiger partial charge in [0.15, 0.2) is 0 Å². The lowest BCUT2D eigenvalue weighted by atomic mass is 10.1. The van der Waals surface area contributed by atoms with E-state index in [0.29, 0.717) is 13.0 Å². The van der Waals surface area contributed by atoms with Crippen LogP contribution in [0.5, 0.6) is 0 Å². The molecule has 0 fully saturated rings. The smallest absolute Gasteiger partial charge is 0.329 e. The highest BCUT2D eigenvalue weighted by Crippen LogP contribution is 2.25. The van der Waals surface area contributed by atoms with Gasteiger partial charge in [0.05, 0.1) is 6.54 Å². The highest BCUT2D eigenvalue weighted by molar-refractivity contribution is 5.19. The van der Waals surface area contributed by atoms with E-state index in [1.807, 2.05) is 37.3 Å². The second kappa shape index (κ2) is 6.75. The summed E-state index contributed by atoms with van der Waals surface area (Å²) in [5.74, 6) is 0. The van der Waals surface area contributed by atoms with Crippen LogP contribution in [0.25, 0.3) is 0 Å². The van der Waals surface area contributed by atoms with Crippen LogP contribution in [-0.4, -0.2) is 30.7 Å². The van der Waals surface area contributed by atoms with Crippen LogP contribution in [0, 0.1) is 0 Å². The quantitative estimate of drug-likeness (QED) is 0.852. The molecule has 0 radical (unpaired) electrons. The highest BCUT2D eigenvalue weighted by Gasteiger charge is 2.33. The molecule has 18 heavy (non-hydrogen) atoms. The molecular weight excluding hydrogens is 241 g/mol. The molecule has 2 N–H and O–H groups in total. The molecule has 0 saturated carbocycles. The van der Waals surface area contributed by atoms with Crippen LogP contribution in [0.15, 0.2) is 30.3 Å². The second-order valence-electron chi connectivity index (χ2n) is 4.25. The van der Waals surface area contributed by atoms with Gasteiger partial charge in [-0.3, -0.25) is 4.90 Å². The Morgan fingerprint density at radius 1 is 1.22 bits per heavy atom. The van der Waals surface area contributed by atoms with E-state index in [2.05, 4.69) is 0 Å². The van der Waals surface area contributed by atoms with Crippen molar-refractivity contribution in [2.45, 2.75) is 25.6 Å². The first-order chi connectivity index (χ1) is 8.48. The fourth-order valence-electron chi connectivity index (χ4n) is 2.03. The molecule has 0 spiro atoms. The summed E-state index contributed by atoms with van der Waals surface area (Å²) in [7, 11) is 0. The van der Waals surface area contributed by atoms with E-state index in [1.165, 1.54) is 4.90 Å². The van der Waals surface area contributed by atoms with Gasteiger partial charge in [0.2, 0.25) is 0 Å². The first kappa shape index (κ1) is 15.0. The number of hydrogen-bond acceptors (Lipinski definition) is 2. The minimum atomic E-state index is -4.20. The standard InChI is InChI=1S/C13H19F3N2/c1-2-8-18(10-13(14,15)16)12(9-17)11-6-4-3-5-7-11/h3-7,12H,2,8-10,17H2,1H3. The number of rotatable bonds is 6. The Balaban J connectivity index is 2.87. The van der Waals surface area contributed by atoms with Crippen molar-refractivity contribution in [2.24, 2.45) is 5.73 Å². The minimum Gasteiger partial charge on any atom is -0.329 e. The van der Waals surface area contributed by atoms with E-state index in [1.54, 1.807) is 0 Å². The van der Waals surface area contributed by atoms with E-state index in [9.17, 15) is 13.2 Å². The van der Waals surface area contributed by atoms with Gasteiger partial charge in [-0.2, -0.15) is 13.2 Å². The van der Waals surface area contributed by atoms with Gasteiger partial charge < -0.3 is 5.73 Å². The van der Waals surface area contributed by atoms with Crippen LogP contribution in [-0.2, 0) is 0 Å². The molecule has 0 aliphatic heterocycles. The molecule has 1 unspecified atom stereocenters. The van der Waals surface area contributed by atoms with Gasteiger partial charge in [-0.1, -0.05) is 37.3 Å². The zero-order valence-corrected chi connectivity index (χ0v) is 10.5. The zero-order valence-electron chi connectivity index (χ0n) is 10.5. The van der Waals surface area contributed by atoms with E-state index in [0.717, 1.165) is 5.56 Å². The van der Waals surface area contributed by atoms with E-state index >= 15 is 0 Å². The van der Waals surface area contributed by atoms with Crippen molar-refractivity contribution >= 4 is 0 Å². The maximum Gasteiger partial charge on any atom is 0.401 e. The second-order valence-corrected chi connectivity index (χ2v) is 4.25. The van der Waals surface area contributed by atoms with Crippen molar-refractivity contribution in [1.82, 2.24) is 4.90 Å². The van der Waals surface area contributed by atoms with Gasteiger partial charge in [0.25, 0.3) is 0 Å². The fourth-order valence-corrected chi connectivity index (χ4v) is 2.03. The Morgan fingerprint density at radius 3 is 2.28 bits per heavy atom. The Labute approximate surface area is 106 Å². The van der Waals surface area contributed by atoms with Crippen LogP contribution in [0.4, 0.5) is 13.2 Å². The van der Waals surface area contributed by atoms with Crippen LogP contribution >= 0.6 is 0 Å². The summed E-state index contributed by atoms with van der Waals surface area (Å²) in [5, 5.41) is 0. The minimum absolute atomic E-state index is 0.181. The van der Waals surface area contributed by atoms with Gasteiger partial charge in [-0.15, -0.1) is 0 Å². The van der Waals surface area contributed by atoms with Gasteiger partial charge in [-0.25, -0.2) is 0 Å². The number of halogens is 3. The molecule has 0 aliphatic rings. The van der Waals surface area contributed by atoms with E-state index < -0.39 is 12.7 Å². The van der Waals surface area contributed by atoms with Crippen molar-refractivity contribution in [2.75, 3.05) is 19.6 Å². The Hall–Kier alpha value is -1.07. The van der Waals surface area contributed by atoms with Gasteiger partial charge in [0.1, 0.15) is 0 Å². The first-order valence-corrected chi connectivity index (χ1v) is 6.03. The number of nitrogens with zero attached hydrogens (tertiary/aromatic N) is 1. The molecule has 0 aliphatic carbocycles. The van der Waals surface area contributed by atoms with Crippen molar-refractivity contribution in [3.8, 4) is 0 Å². The van der Waals surface area contributed by atoms with Gasteiger partial charge in [-0.05, 0) is 18.5 Å². The molecule has 0 saturated heterocycles. The number of nitrogens with two attached hydrogens (primary N) is 1. The monoisotopic (exact) mass is 260 g/mol. The molecule has 1 atom stereocenters. The summed E-state index contributed by atoms with van der Waals surface area (Å²) in [6.07, 6.45) is -3.53. The Kier molecular flexibility index (Phi) is 5.62. The summed E-state index contributed by atoms with van der Waals surface area (Å²) in [5.41, 5.74) is 6.48. The summed E-state index contributed by atoms with van der Waals surface area (Å²) in [4.78, 5) is 1.40. The van der Waals surface area contributed by atoms with Gasteiger partial charge >= 0.3 is 6.18 Å². The summed E-state index contributed by atoms with van der Waals surface area (Å²) in [6.45, 7) is 1.51. The third-order valence-electron chi connectivity index (χ3n) is 2.74. The summed E-state index contributed by atoms with van der Waals surface area (Å²) >= 11 is 0. The molecule has 102 valence electrons. The van der Waals surface area contributed by atoms with Crippen LogP contribution in [0.3, 0.4) is 0 Å². The lowest BCUT2D eigenvalue weighted by molar-refractivity contribution is -0.150. The lowest BCUT2D eigenvalue weighted by Gasteiger charge is -2.31. The summed E-state index contributed by atoms with van der Waals surface area (Å²) in [6, 6.07) is 8.72. The predicted molar refractivity (Wildman–Crippen MR) is 66.2 cm³/mol. The average Bonchev–Trinajstić information content (AvgIpc) is 2.29. The molecular formula is C13H19F3N2. The first-order valence-electron chi connectivity index (χ1n) is 6.03. The van der Waals surface area contributed by atoms with Crippen molar-refractivity contribution < 1.29 is 13.2 Å². The molecule has 1 aromatic carbocycles. The predicted octanol–water partition coefficient (Wildman–Crippen LogP) is 2.96. The van der Waals surface area contributed by atoms with E-state index in [-0.39, 0.29) is 12.6 Å². The highest BCUT2D eigenvalue weighted by atomic mass is 19.4. The maximum absolute atomic E-state index is 12.6. The molecule has 2 nitrogen and oxygen atoms in total. The third-order valence-corrected chi connectivity index (χ3v) is 2.74. The van der Waals surface area contributed by atoms with Crippen LogP contribution < -0.4 is 5.73 Å². The molecule has 0 bridgehead atoms. The number of alkyl halides is 3. The van der Waals surface area contributed by atoms with Gasteiger partial charge in [0, 0.05) is 12.6 Å². The SMILES string of the molecule is CCCN(CC(F)(F)F)C(CN)c1ccccc1. The third kappa shape index (κ3) is 4.66. The van der Waals surface area contributed by atoms with Crippen molar-refractivity contribution in [3.05, 3.63) is 35.9 Å². The Morgan fingerprint density at radius 2 is 1.83 bits per heavy atom. The molecule has 0 aromatic heterocycles. The molecule has 5 heteroatoms. The van der Waals surface area contributed by atoms with Crippen molar-refractivity contribution in [1.29, 1.82) is 0 Å². The van der Waals surface area contributed by atoms with Crippen LogP contribution in [0.1, 0.15) is 24.9 Å². The Bertz CT molecular complexity index is 338. The number of benzene rings is 1. The largest absolute Gasteiger partial charge is 0.401 e.